The Balaban J connectivity index is 1.54. The number of hydrogen-bond donors (Lipinski definition) is 1. The number of halogens is 2. The van der Waals surface area contributed by atoms with Gasteiger partial charge in [-0.05, 0) is 75.0 Å². The minimum atomic E-state index is -0.267. The van der Waals surface area contributed by atoms with Gasteiger partial charge in [-0.15, -0.1) is 0 Å². The zero-order valence-electron chi connectivity index (χ0n) is 17.5. The molecule has 3 nitrogen and oxygen atoms in total. The molecule has 0 saturated carbocycles. The van der Waals surface area contributed by atoms with Gasteiger partial charge >= 0.3 is 0 Å². The first-order valence-electron chi connectivity index (χ1n) is 10.4. The van der Waals surface area contributed by atoms with E-state index in [4.69, 9.17) is 11.6 Å². The highest BCUT2D eigenvalue weighted by molar-refractivity contribution is 6.30. The van der Waals surface area contributed by atoms with Gasteiger partial charge in [0.15, 0.2) is 0 Å². The number of carbonyl (C=O) groups is 1. The van der Waals surface area contributed by atoms with Gasteiger partial charge in [-0.25, -0.2) is 4.39 Å². The number of hydrogen-bond acceptors (Lipinski definition) is 2. The average Bonchev–Trinajstić information content (AvgIpc) is 2.71. The lowest BCUT2D eigenvalue weighted by atomic mass is 9.94. The van der Waals surface area contributed by atoms with Gasteiger partial charge in [0.1, 0.15) is 5.82 Å². The number of nitrogens with one attached hydrogen (secondary N) is 1. The molecule has 1 aliphatic heterocycles. The molecule has 2 aromatic carbocycles. The molecular weight excluding hydrogens is 387 g/mol. The topological polar surface area (TPSA) is 32.3 Å². The van der Waals surface area contributed by atoms with Crippen LogP contribution in [0.4, 0.5) is 4.39 Å². The van der Waals surface area contributed by atoms with Crippen LogP contribution in [0.2, 0.25) is 5.02 Å². The van der Waals surface area contributed by atoms with Crippen LogP contribution in [0.25, 0.3) is 0 Å². The highest BCUT2D eigenvalue weighted by atomic mass is 35.5. The molecule has 3 rings (SSSR count). The van der Waals surface area contributed by atoms with E-state index in [-0.39, 0.29) is 23.7 Å². The van der Waals surface area contributed by atoms with Crippen molar-refractivity contribution in [2.75, 3.05) is 13.1 Å². The molecule has 1 heterocycles. The maximum Gasteiger partial charge on any atom is 0.223 e. The highest BCUT2D eigenvalue weighted by Crippen LogP contribution is 2.24. The molecule has 5 heteroatoms. The van der Waals surface area contributed by atoms with Crippen molar-refractivity contribution in [3.63, 3.8) is 0 Å². The lowest BCUT2D eigenvalue weighted by Gasteiger charge is -2.32. The van der Waals surface area contributed by atoms with Crippen molar-refractivity contribution < 1.29 is 9.18 Å². The van der Waals surface area contributed by atoms with Crippen molar-refractivity contribution in [1.29, 1.82) is 0 Å². The molecule has 1 aliphatic rings. The van der Waals surface area contributed by atoms with E-state index in [0.29, 0.717) is 17.1 Å². The third-order valence-corrected chi connectivity index (χ3v) is 6.26. The number of likely N-dealkylation sites (tertiary alicyclic amines) is 1. The minimum absolute atomic E-state index is 0.0157. The van der Waals surface area contributed by atoms with Crippen LogP contribution in [0.5, 0.6) is 0 Å². The van der Waals surface area contributed by atoms with Crippen molar-refractivity contribution in [2.24, 2.45) is 5.92 Å². The van der Waals surface area contributed by atoms with Gasteiger partial charge < -0.3 is 5.32 Å². The Kier molecular flexibility index (Phi) is 7.31. The van der Waals surface area contributed by atoms with Gasteiger partial charge in [0.25, 0.3) is 0 Å². The standard InChI is InChI=1S/C24H30ClFN2O/c1-4-23(19-6-5-16(2)17(3)13-19)27-24(29)18-9-11-28(12-10-18)15-20-7-8-21(25)14-22(20)26/h5-8,13-14,18,23H,4,9-12,15H2,1-3H3,(H,27,29)/t23-/m1/s1. The van der Waals surface area contributed by atoms with E-state index in [1.54, 1.807) is 12.1 Å². The van der Waals surface area contributed by atoms with Gasteiger partial charge in [-0.1, -0.05) is 42.8 Å². The Bertz CT molecular complexity index is 862. The SMILES string of the molecule is CC[C@@H](NC(=O)C1CCN(Cc2ccc(Cl)cc2F)CC1)c1ccc(C)c(C)c1. The van der Waals surface area contributed by atoms with Gasteiger partial charge in [0, 0.05) is 23.0 Å². The normalized spacial score (nSPS) is 16.6. The van der Waals surface area contributed by atoms with Crippen LogP contribution in [0, 0.1) is 25.6 Å². The summed E-state index contributed by atoms with van der Waals surface area (Å²) in [6.45, 7) is 8.44. The molecule has 156 valence electrons. The number of benzene rings is 2. The summed E-state index contributed by atoms with van der Waals surface area (Å²) < 4.78 is 14.0. The van der Waals surface area contributed by atoms with E-state index in [9.17, 15) is 9.18 Å². The zero-order valence-corrected chi connectivity index (χ0v) is 18.2. The first-order chi connectivity index (χ1) is 13.9. The molecule has 0 bridgehead atoms. The lowest BCUT2D eigenvalue weighted by Crippen LogP contribution is -2.41. The lowest BCUT2D eigenvalue weighted by molar-refractivity contribution is -0.127. The Labute approximate surface area is 178 Å². The van der Waals surface area contributed by atoms with Crippen LogP contribution in [0.1, 0.15) is 54.5 Å². The second kappa shape index (κ2) is 9.73. The predicted molar refractivity (Wildman–Crippen MR) is 117 cm³/mol. The molecule has 0 aliphatic carbocycles. The van der Waals surface area contributed by atoms with Gasteiger partial charge in [0.05, 0.1) is 6.04 Å². The number of piperidine rings is 1. The van der Waals surface area contributed by atoms with E-state index >= 15 is 0 Å². The van der Waals surface area contributed by atoms with Crippen LogP contribution in [-0.2, 0) is 11.3 Å². The first kappa shape index (κ1) is 21.8. The maximum absolute atomic E-state index is 14.0. The number of rotatable bonds is 6. The minimum Gasteiger partial charge on any atom is -0.349 e. The van der Waals surface area contributed by atoms with Crippen LogP contribution >= 0.6 is 11.6 Å². The fraction of sp³-hybridized carbons (Fsp3) is 0.458. The molecule has 1 fully saturated rings. The number of amides is 1. The molecule has 1 N–H and O–H groups in total. The van der Waals surface area contributed by atoms with E-state index in [1.165, 1.54) is 22.8 Å². The molecule has 1 saturated heterocycles. The predicted octanol–water partition coefficient (Wildman–Crippen LogP) is 5.58. The fourth-order valence-corrected chi connectivity index (χ4v) is 4.09. The smallest absolute Gasteiger partial charge is 0.223 e. The Morgan fingerprint density at radius 2 is 1.90 bits per heavy atom. The third kappa shape index (κ3) is 5.58. The Hall–Kier alpha value is -1.91. The fourth-order valence-electron chi connectivity index (χ4n) is 3.94. The monoisotopic (exact) mass is 416 g/mol. The molecule has 29 heavy (non-hydrogen) atoms. The van der Waals surface area contributed by atoms with Crippen molar-refractivity contribution >= 4 is 17.5 Å². The van der Waals surface area contributed by atoms with Crippen LogP contribution < -0.4 is 5.32 Å². The summed E-state index contributed by atoms with van der Waals surface area (Å²) in [5.41, 5.74) is 4.33. The number of aryl methyl sites for hydroxylation is 2. The third-order valence-electron chi connectivity index (χ3n) is 6.03. The summed E-state index contributed by atoms with van der Waals surface area (Å²) in [7, 11) is 0. The largest absolute Gasteiger partial charge is 0.349 e. The first-order valence-corrected chi connectivity index (χ1v) is 10.8. The van der Waals surface area contributed by atoms with E-state index in [2.05, 4.69) is 49.2 Å². The molecule has 1 atom stereocenters. The van der Waals surface area contributed by atoms with Crippen molar-refractivity contribution in [2.45, 2.75) is 52.6 Å². The van der Waals surface area contributed by atoms with Crippen molar-refractivity contribution in [3.05, 3.63) is 69.5 Å². The second-order valence-electron chi connectivity index (χ2n) is 8.10. The summed E-state index contributed by atoms with van der Waals surface area (Å²) in [6, 6.07) is 11.3. The van der Waals surface area contributed by atoms with E-state index in [0.717, 1.165) is 32.4 Å². The summed E-state index contributed by atoms with van der Waals surface area (Å²) in [6.07, 6.45) is 2.46. The molecule has 2 aromatic rings. The van der Waals surface area contributed by atoms with Gasteiger partial charge in [-0.2, -0.15) is 0 Å². The molecule has 0 spiro atoms. The summed E-state index contributed by atoms with van der Waals surface area (Å²) in [5, 5.41) is 3.66. The molecule has 0 aromatic heterocycles. The van der Waals surface area contributed by atoms with Crippen LogP contribution in [-0.4, -0.2) is 23.9 Å². The molecular formula is C24H30ClFN2O. The molecule has 1 amide bonds. The van der Waals surface area contributed by atoms with Crippen LogP contribution in [0.15, 0.2) is 36.4 Å². The van der Waals surface area contributed by atoms with Crippen molar-refractivity contribution in [3.8, 4) is 0 Å². The van der Waals surface area contributed by atoms with Gasteiger partial charge in [0.2, 0.25) is 5.91 Å². The van der Waals surface area contributed by atoms with E-state index in [1.807, 2.05) is 0 Å². The molecule has 0 radical (unpaired) electrons. The van der Waals surface area contributed by atoms with Crippen LogP contribution in [0.3, 0.4) is 0 Å². The number of nitrogens with zero attached hydrogens (tertiary/aromatic N) is 1. The quantitative estimate of drug-likeness (QED) is 0.667. The summed E-state index contributed by atoms with van der Waals surface area (Å²) in [5.74, 6) is -0.120. The maximum atomic E-state index is 14.0. The van der Waals surface area contributed by atoms with Crippen molar-refractivity contribution in [1.82, 2.24) is 10.2 Å². The Morgan fingerprint density at radius 1 is 1.17 bits per heavy atom. The average molecular weight is 417 g/mol. The van der Waals surface area contributed by atoms with Gasteiger partial charge in [-0.3, -0.25) is 9.69 Å². The summed E-state index contributed by atoms with van der Waals surface area (Å²) in [4.78, 5) is 15.0. The Morgan fingerprint density at radius 3 is 2.52 bits per heavy atom. The molecule has 0 unspecified atom stereocenters. The zero-order chi connectivity index (χ0) is 21.0. The summed E-state index contributed by atoms with van der Waals surface area (Å²) >= 11 is 5.83. The number of carbonyl (C=O) groups excluding carboxylic acids is 1. The second-order valence-corrected chi connectivity index (χ2v) is 8.54. The van der Waals surface area contributed by atoms with E-state index < -0.39 is 0 Å². The highest BCUT2D eigenvalue weighted by Gasteiger charge is 2.27.